The van der Waals surface area contributed by atoms with Crippen molar-refractivity contribution in [2.75, 3.05) is 65.2 Å². The molecule has 2 aliphatic heterocycles. The molecule has 5 nitrogen and oxygen atoms in total. The maximum absolute atomic E-state index is 4.97. The summed E-state index contributed by atoms with van der Waals surface area (Å²) in [6.07, 6.45) is 1.25. The molecule has 2 heterocycles. The van der Waals surface area contributed by atoms with Gasteiger partial charge in [-0.3, -0.25) is 9.89 Å². The number of guanidine groups is 1. The quantitative estimate of drug-likeness (QED) is 0.379. The van der Waals surface area contributed by atoms with E-state index in [9.17, 15) is 0 Å². The predicted octanol–water partition coefficient (Wildman–Crippen LogP) is 2.03. The molecule has 2 unspecified atom stereocenters. The number of rotatable bonds is 5. The topological polar surface area (TPSA) is 34.1 Å². The van der Waals surface area contributed by atoms with Crippen LogP contribution in [0.3, 0.4) is 0 Å². The molecule has 24 heavy (non-hydrogen) atoms. The summed E-state index contributed by atoms with van der Waals surface area (Å²) in [6, 6.07) is 0.526. The van der Waals surface area contributed by atoms with Crippen LogP contribution < -0.4 is 5.32 Å². The maximum Gasteiger partial charge on any atom is 0.194 e. The van der Waals surface area contributed by atoms with Gasteiger partial charge in [0.15, 0.2) is 5.96 Å². The minimum absolute atomic E-state index is 0. The Labute approximate surface area is 170 Å². The van der Waals surface area contributed by atoms with Gasteiger partial charge in [-0.05, 0) is 27.3 Å². The number of aliphatic imine (C=N–C) groups is 1. The van der Waals surface area contributed by atoms with Crippen molar-refractivity contribution in [2.24, 2.45) is 4.99 Å². The molecular weight excluding hydrogens is 433 g/mol. The van der Waals surface area contributed by atoms with E-state index in [0.29, 0.717) is 6.04 Å². The molecule has 0 aromatic heterocycles. The van der Waals surface area contributed by atoms with Gasteiger partial charge in [-0.1, -0.05) is 6.92 Å². The second kappa shape index (κ2) is 11.8. The zero-order valence-corrected chi connectivity index (χ0v) is 19.0. The molecule has 2 rings (SSSR count). The highest BCUT2D eigenvalue weighted by atomic mass is 127. The van der Waals surface area contributed by atoms with E-state index in [1.54, 1.807) is 0 Å². The fourth-order valence-corrected chi connectivity index (χ4v) is 4.36. The van der Waals surface area contributed by atoms with Crippen LogP contribution in [0.15, 0.2) is 4.99 Å². The summed E-state index contributed by atoms with van der Waals surface area (Å²) in [7, 11) is 2.21. The molecule has 142 valence electrons. The third-order valence-corrected chi connectivity index (χ3v) is 6.27. The molecule has 7 heteroatoms. The molecule has 0 amide bonds. The van der Waals surface area contributed by atoms with Crippen LogP contribution in [-0.4, -0.2) is 97.1 Å². The first kappa shape index (κ1) is 22.3. The number of halogens is 1. The lowest BCUT2D eigenvalue weighted by Crippen LogP contribution is -2.50. The van der Waals surface area contributed by atoms with Crippen LogP contribution >= 0.6 is 35.7 Å². The van der Waals surface area contributed by atoms with E-state index < -0.39 is 0 Å². The van der Waals surface area contributed by atoms with Crippen molar-refractivity contribution in [3.63, 3.8) is 0 Å². The highest BCUT2D eigenvalue weighted by molar-refractivity contribution is 14.0. The zero-order chi connectivity index (χ0) is 16.7. The van der Waals surface area contributed by atoms with Gasteiger partial charge in [0.25, 0.3) is 0 Å². The molecule has 1 N–H and O–H groups in total. The lowest BCUT2D eigenvalue weighted by Gasteiger charge is -2.37. The van der Waals surface area contributed by atoms with Crippen molar-refractivity contribution in [1.82, 2.24) is 20.0 Å². The summed E-state index contributed by atoms with van der Waals surface area (Å²) in [5.74, 6) is 2.34. The van der Waals surface area contributed by atoms with Gasteiger partial charge in [-0.25, -0.2) is 0 Å². The first-order valence-corrected chi connectivity index (χ1v) is 10.3. The van der Waals surface area contributed by atoms with Gasteiger partial charge >= 0.3 is 0 Å². The van der Waals surface area contributed by atoms with Crippen LogP contribution in [0, 0.1) is 0 Å². The SMILES string of the molecule is CCNC(=NCC(C)N1CCN(C)CC1)N1CCSC(CC)C1.I. The van der Waals surface area contributed by atoms with Crippen molar-refractivity contribution < 1.29 is 0 Å². The Bertz CT molecular complexity index is 374. The Balaban J connectivity index is 0.00000288. The van der Waals surface area contributed by atoms with Crippen LogP contribution in [0.4, 0.5) is 0 Å². The number of nitrogens with zero attached hydrogens (tertiary/aromatic N) is 4. The first-order valence-electron chi connectivity index (χ1n) is 9.21. The number of nitrogens with one attached hydrogen (secondary N) is 1. The summed E-state index contributed by atoms with van der Waals surface area (Å²) < 4.78 is 0. The average molecular weight is 469 g/mol. The summed E-state index contributed by atoms with van der Waals surface area (Å²) in [6.45, 7) is 15.6. The normalized spacial score (nSPS) is 25.2. The van der Waals surface area contributed by atoms with Gasteiger partial charge in [-0.2, -0.15) is 11.8 Å². The molecule has 2 aliphatic rings. The van der Waals surface area contributed by atoms with Gasteiger partial charge < -0.3 is 15.1 Å². The Morgan fingerprint density at radius 3 is 2.54 bits per heavy atom. The van der Waals surface area contributed by atoms with Gasteiger partial charge in [0.2, 0.25) is 0 Å². The summed E-state index contributed by atoms with van der Waals surface area (Å²) >= 11 is 2.11. The van der Waals surface area contributed by atoms with E-state index in [0.717, 1.165) is 37.4 Å². The highest BCUT2D eigenvalue weighted by Crippen LogP contribution is 2.21. The Hall–Kier alpha value is 0.270. The summed E-state index contributed by atoms with van der Waals surface area (Å²) in [5.41, 5.74) is 0. The second-order valence-corrected chi connectivity index (χ2v) is 8.14. The predicted molar refractivity (Wildman–Crippen MR) is 118 cm³/mol. The minimum atomic E-state index is 0. The van der Waals surface area contributed by atoms with Crippen LogP contribution in [0.2, 0.25) is 0 Å². The van der Waals surface area contributed by atoms with Gasteiger partial charge in [0, 0.05) is 62.9 Å². The van der Waals surface area contributed by atoms with E-state index in [1.807, 2.05) is 0 Å². The zero-order valence-electron chi connectivity index (χ0n) is 15.8. The number of hydrogen-bond donors (Lipinski definition) is 1. The van der Waals surface area contributed by atoms with Crippen LogP contribution in [-0.2, 0) is 0 Å². The average Bonchev–Trinajstić information content (AvgIpc) is 2.59. The van der Waals surface area contributed by atoms with Crippen molar-refractivity contribution in [3.05, 3.63) is 0 Å². The summed E-state index contributed by atoms with van der Waals surface area (Å²) in [4.78, 5) is 12.4. The molecule has 0 spiro atoms. The van der Waals surface area contributed by atoms with Crippen LogP contribution in [0.1, 0.15) is 27.2 Å². The van der Waals surface area contributed by atoms with Crippen molar-refractivity contribution in [3.8, 4) is 0 Å². The number of piperazine rings is 1. The minimum Gasteiger partial charge on any atom is -0.357 e. The van der Waals surface area contributed by atoms with E-state index in [-0.39, 0.29) is 24.0 Å². The molecule has 0 aromatic carbocycles. The molecular formula is C17H36IN5S. The number of thioether (sulfide) groups is 1. The van der Waals surface area contributed by atoms with Crippen molar-refractivity contribution in [1.29, 1.82) is 0 Å². The van der Waals surface area contributed by atoms with Gasteiger partial charge in [0.05, 0.1) is 6.54 Å². The molecule has 2 saturated heterocycles. The largest absolute Gasteiger partial charge is 0.357 e. The Kier molecular flexibility index (Phi) is 11.0. The third kappa shape index (κ3) is 6.88. The van der Waals surface area contributed by atoms with E-state index in [1.165, 1.54) is 38.4 Å². The van der Waals surface area contributed by atoms with Crippen molar-refractivity contribution in [2.45, 2.75) is 38.5 Å². The fourth-order valence-electron chi connectivity index (χ4n) is 3.18. The van der Waals surface area contributed by atoms with E-state index in [4.69, 9.17) is 4.99 Å². The van der Waals surface area contributed by atoms with Crippen molar-refractivity contribution >= 4 is 41.7 Å². The van der Waals surface area contributed by atoms with Crippen LogP contribution in [0.25, 0.3) is 0 Å². The molecule has 0 aromatic rings. The smallest absolute Gasteiger partial charge is 0.194 e. The summed E-state index contributed by atoms with van der Waals surface area (Å²) in [5, 5.41) is 4.25. The molecule has 0 radical (unpaired) electrons. The Morgan fingerprint density at radius 2 is 1.92 bits per heavy atom. The number of likely N-dealkylation sites (N-methyl/N-ethyl adjacent to an activating group) is 1. The van der Waals surface area contributed by atoms with Gasteiger partial charge in [-0.15, -0.1) is 24.0 Å². The molecule has 0 aliphatic carbocycles. The maximum atomic E-state index is 4.97. The molecule has 0 bridgehead atoms. The van der Waals surface area contributed by atoms with E-state index >= 15 is 0 Å². The first-order chi connectivity index (χ1) is 11.1. The lowest BCUT2D eigenvalue weighted by molar-refractivity contribution is 0.122. The highest BCUT2D eigenvalue weighted by Gasteiger charge is 2.23. The van der Waals surface area contributed by atoms with Gasteiger partial charge in [0.1, 0.15) is 0 Å². The Morgan fingerprint density at radius 1 is 1.21 bits per heavy atom. The second-order valence-electron chi connectivity index (χ2n) is 6.73. The van der Waals surface area contributed by atoms with E-state index in [2.05, 4.69) is 59.6 Å². The standard InChI is InChI=1S/C17H35N5S.HI/c1-5-16-14-22(11-12-23-16)17(18-6-2)19-13-15(3)21-9-7-20(4)8-10-21;/h15-16H,5-14H2,1-4H3,(H,18,19);1H. The lowest BCUT2D eigenvalue weighted by atomic mass is 10.2. The third-order valence-electron chi connectivity index (χ3n) is 4.90. The molecule has 2 fully saturated rings. The number of hydrogen-bond acceptors (Lipinski definition) is 4. The van der Waals surface area contributed by atoms with Crippen LogP contribution in [0.5, 0.6) is 0 Å². The fraction of sp³-hybridized carbons (Fsp3) is 0.941. The monoisotopic (exact) mass is 469 g/mol. The molecule has 2 atom stereocenters. The molecule has 0 saturated carbocycles.